The van der Waals surface area contributed by atoms with Gasteiger partial charge >= 0.3 is 0 Å². The van der Waals surface area contributed by atoms with Gasteiger partial charge in [0.2, 0.25) is 0 Å². The van der Waals surface area contributed by atoms with Crippen molar-refractivity contribution in [3.63, 3.8) is 0 Å². The third-order valence-electron chi connectivity index (χ3n) is 2.82. The lowest BCUT2D eigenvalue weighted by atomic mass is 10.1. The third-order valence-corrected chi connectivity index (χ3v) is 4.05. The minimum atomic E-state index is -0.0313. The molecule has 0 radical (unpaired) electrons. The van der Waals surface area contributed by atoms with Crippen LogP contribution in [0.4, 0.5) is 0 Å². The molecular formula is C14H15BrClNO2. The average molecular weight is 345 g/mol. The first-order valence-corrected chi connectivity index (χ1v) is 7.02. The van der Waals surface area contributed by atoms with E-state index < -0.39 is 0 Å². The van der Waals surface area contributed by atoms with Crippen LogP contribution in [0.25, 0.3) is 0 Å². The topological polar surface area (TPSA) is 34.4 Å². The monoisotopic (exact) mass is 343 g/mol. The summed E-state index contributed by atoms with van der Waals surface area (Å²) in [6.07, 6.45) is 0. The Labute approximate surface area is 126 Å². The van der Waals surface area contributed by atoms with Crippen molar-refractivity contribution in [1.82, 2.24) is 5.32 Å². The Balaban J connectivity index is 2.29. The van der Waals surface area contributed by atoms with Crippen LogP contribution < -0.4 is 5.32 Å². The van der Waals surface area contributed by atoms with E-state index in [0.717, 1.165) is 21.6 Å². The van der Waals surface area contributed by atoms with Crippen molar-refractivity contribution < 1.29 is 9.15 Å². The maximum Gasteiger partial charge on any atom is 0.129 e. The van der Waals surface area contributed by atoms with Crippen molar-refractivity contribution in [3.05, 3.63) is 56.9 Å². The van der Waals surface area contributed by atoms with Crippen LogP contribution in [-0.4, -0.2) is 14.2 Å². The molecule has 1 aromatic heterocycles. The fourth-order valence-electron chi connectivity index (χ4n) is 1.93. The molecule has 3 nitrogen and oxygen atoms in total. The molecule has 0 aliphatic heterocycles. The quantitative estimate of drug-likeness (QED) is 0.885. The molecule has 0 fully saturated rings. The SMILES string of the molecule is CNC(c1ccc(Br)c(Cl)c1)c1ccc(COC)o1. The molecule has 1 N–H and O–H groups in total. The maximum absolute atomic E-state index is 6.13. The predicted octanol–water partition coefficient (Wildman–Crippen LogP) is 4.15. The molecule has 0 aliphatic carbocycles. The molecule has 2 aromatic rings. The van der Waals surface area contributed by atoms with Gasteiger partial charge < -0.3 is 14.5 Å². The normalized spacial score (nSPS) is 12.6. The van der Waals surface area contributed by atoms with Gasteiger partial charge in [0.05, 0.1) is 11.1 Å². The van der Waals surface area contributed by atoms with Gasteiger partial charge in [0.25, 0.3) is 0 Å². The van der Waals surface area contributed by atoms with Gasteiger partial charge in [-0.05, 0) is 52.8 Å². The highest BCUT2D eigenvalue weighted by atomic mass is 79.9. The summed E-state index contributed by atoms with van der Waals surface area (Å²) in [4.78, 5) is 0. The summed E-state index contributed by atoms with van der Waals surface area (Å²) >= 11 is 9.52. The van der Waals surface area contributed by atoms with Gasteiger partial charge in [0, 0.05) is 11.6 Å². The van der Waals surface area contributed by atoms with Crippen LogP contribution in [0.5, 0.6) is 0 Å². The second kappa shape index (κ2) is 6.57. The standard InChI is InChI=1S/C14H15BrClNO2/c1-17-14(9-3-5-11(15)12(16)7-9)13-6-4-10(19-13)8-18-2/h3-7,14,17H,8H2,1-2H3. The molecular weight excluding hydrogens is 330 g/mol. The van der Waals surface area contributed by atoms with Crippen LogP contribution in [0, 0.1) is 0 Å². The van der Waals surface area contributed by atoms with Gasteiger partial charge in [-0.3, -0.25) is 0 Å². The first kappa shape index (κ1) is 14.6. The Morgan fingerprint density at radius 3 is 2.79 bits per heavy atom. The van der Waals surface area contributed by atoms with Crippen molar-refractivity contribution in [2.75, 3.05) is 14.2 Å². The van der Waals surface area contributed by atoms with Gasteiger partial charge in [0.1, 0.15) is 18.1 Å². The summed E-state index contributed by atoms with van der Waals surface area (Å²) in [5, 5.41) is 3.91. The van der Waals surface area contributed by atoms with E-state index in [2.05, 4.69) is 21.2 Å². The first-order valence-electron chi connectivity index (χ1n) is 5.85. The number of methoxy groups -OCH3 is 1. The van der Waals surface area contributed by atoms with E-state index in [4.69, 9.17) is 20.8 Å². The van der Waals surface area contributed by atoms with Crippen molar-refractivity contribution in [3.8, 4) is 0 Å². The first-order chi connectivity index (χ1) is 9.15. The van der Waals surface area contributed by atoms with Gasteiger partial charge in [0.15, 0.2) is 0 Å². The zero-order chi connectivity index (χ0) is 13.8. The predicted molar refractivity (Wildman–Crippen MR) is 79.5 cm³/mol. The highest BCUT2D eigenvalue weighted by molar-refractivity contribution is 9.10. The molecule has 2 rings (SSSR count). The Morgan fingerprint density at radius 1 is 1.37 bits per heavy atom. The minimum Gasteiger partial charge on any atom is -0.462 e. The van der Waals surface area contributed by atoms with Crippen molar-refractivity contribution in [2.45, 2.75) is 12.6 Å². The Kier molecular flexibility index (Phi) is 5.05. The van der Waals surface area contributed by atoms with Crippen LogP contribution in [0.3, 0.4) is 0 Å². The van der Waals surface area contributed by atoms with Gasteiger partial charge in [-0.1, -0.05) is 17.7 Å². The number of hydrogen-bond acceptors (Lipinski definition) is 3. The number of rotatable bonds is 5. The molecule has 1 atom stereocenters. The Bertz CT molecular complexity index is 556. The van der Waals surface area contributed by atoms with Crippen LogP contribution >= 0.6 is 27.5 Å². The molecule has 0 saturated carbocycles. The smallest absolute Gasteiger partial charge is 0.129 e. The number of furan rings is 1. The van der Waals surface area contributed by atoms with Gasteiger partial charge in [-0.2, -0.15) is 0 Å². The number of halogens is 2. The molecule has 1 unspecified atom stereocenters. The summed E-state index contributed by atoms with van der Waals surface area (Å²) in [7, 11) is 3.53. The van der Waals surface area contributed by atoms with Crippen LogP contribution in [0.2, 0.25) is 5.02 Å². The lowest BCUT2D eigenvalue weighted by molar-refractivity contribution is 0.162. The van der Waals surface area contributed by atoms with E-state index in [1.165, 1.54) is 0 Å². The number of ether oxygens (including phenoxy) is 1. The molecule has 0 spiro atoms. The van der Waals surface area contributed by atoms with E-state index >= 15 is 0 Å². The highest BCUT2D eigenvalue weighted by Crippen LogP contribution is 2.29. The number of nitrogens with one attached hydrogen (secondary N) is 1. The average Bonchev–Trinajstić information content (AvgIpc) is 2.83. The lowest BCUT2D eigenvalue weighted by Gasteiger charge is -2.15. The summed E-state index contributed by atoms with van der Waals surface area (Å²) < 4.78 is 11.7. The lowest BCUT2D eigenvalue weighted by Crippen LogP contribution is -2.17. The Hall–Kier alpha value is -0.810. The molecule has 1 aromatic carbocycles. The molecule has 0 amide bonds. The van der Waals surface area contributed by atoms with E-state index in [0.29, 0.717) is 11.6 Å². The number of hydrogen-bond donors (Lipinski definition) is 1. The Morgan fingerprint density at radius 2 is 2.16 bits per heavy atom. The molecule has 1 heterocycles. The molecule has 0 bridgehead atoms. The van der Waals surface area contributed by atoms with Crippen LogP contribution in [-0.2, 0) is 11.3 Å². The molecule has 0 aliphatic rings. The van der Waals surface area contributed by atoms with Gasteiger partial charge in [-0.15, -0.1) is 0 Å². The molecule has 5 heteroatoms. The fraction of sp³-hybridized carbons (Fsp3) is 0.286. The van der Waals surface area contributed by atoms with Gasteiger partial charge in [-0.25, -0.2) is 0 Å². The summed E-state index contributed by atoms with van der Waals surface area (Å²) in [6.45, 7) is 0.470. The maximum atomic E-state index is 6.13. The molecule has 102 valence electrons. The highest BCUT2D eigenvalue weighted by Gasteiger charge is 2.17. The van der Waals surface area contributed by atoms with E-state index in [9.17, 15) is 0 Å². The van der Waals surface area contributed by atoms with Crippen LogP contribution in [0.1, 0.15) is 23.1 Å². The largest absolute Gasteiger partial charge is 0.462 e. The molecule has 19 heavy (non-hydrogen) atoms. The van der Waals surface area contributed by atoms with Crippen LogP contribution in [0.15, 0.2) is 39.2 Å². The van der Waals surface area contributed by atoms with E-state index in [1.54, 1.807) is 7.11 Å². The molecule has 0 saturated heterocycles. The fourth-order valence-corrected chi connectivity index (χ4v) is 2.37. The van der Waals surface area contributed by atoms with Crippen molar-refractivity contribution in [1.29, 1.82) is 0 Å². The zero-order valence-corrected chi connectivity index (χ0v) is 13.1. The van der Waals surface area contributed by atoms with E-state index in [1.807, 2.05) is 37.4 Å². The second-order valence-electron chi connectivity index (χ2n) is 4.13. The van der Waals surface area contributed by atoms with Crippen molar-refractivity contribution in [2.24, 2.45) is 0 Å². The summed E-state index contributed by atoms with van der Waals surface area (Å²) in [5.41, 5.74) is 1.05. The summed E-state index contributed by atoms with van der Waals surface area (Å²) in [5.74, 6) is 1.65. The summed E-state index contributed by atoms with van der Waals surface area (Å²) in [6, 6.07) is 9.70. The minimum absolute atomic E-state index is 0.0313. The second-order valence-corrected chi connectivity index (χ2v) is 5.39. The van der Waals surface area contributed by atoms with E-state index in [-0.39, 0.29) is 6.04 Å². The van der Waals surface area contributed by atoms with Crippen molar-refractivity contribution >= 4 is 27.5 Å². The zero-order valence-electron chi connectivity index (χ0n) is 10.7. The third kappa shape index (κ3) is 3.39. The number of benzene rings is 1.